The van der Waals surface area contributed by atoms with E-state index < -0.39 is 20.2 Å². The van der Waals surface area contributed by atoms with Crippen LogP contribution in [0, 0.1) is 5.92 Å². The largest absolute Gasteiger partial charge is 0.396 e. The molecule has 2 saturated heterocycles. The Morgan fingerprint density at radius 1 is 0.857 bits per heavy atom. The molecule has 0 saturated carbocycles. The van der Waals surface area contributed by atoms with Gasteiger partial charge in [0.05, 0.1) is 6.26 Å². The van der Waals surface area contributed by atoms with Gasteiger partial charge in [0.1, 0.15) is 0 Å². The van der Waals surface area contributed by atoms with Crippen LogP contribution in [-0.2, 0) is 20.2 Å². The van der Waals surface area contributed by atoms with E-state index in [4.69, 9.17) is 5.11 Å². The Morgan fingerprint density at radius 2 is 1.29 bits per heavy atom. The molecule has 0 unspecified atom stereocenters. The Balaban J connectivity index is 1.96. The van der Waals surface area contributed by atoms with Crippen molar-refractivity contribution in [1.29, 1.82) is 0 Å². The Labute approximate surface area is 126 Å². The summed E-state index contributed by atoms with van der Waals surface area (Å²) in [7, 11) is -6.78. The second kappa shape index (κ2) is 6.47. The molecule has 2 rings (SSSR count). The van der Waals surface area contributed by atoms with Gasteiger partial charge in [0.25, 0.3) is 10.2 Å². The van der Waals surface area contributed by atoms with Gasteiger partial charge in [0.2, 0.25) is 10.0 Å². The zero-order valence-electron chi connectivity index (χ0n) is 12.2. The molecule has 0 aromatic carbocycles. The fraction of sp³-hybridized carbons (Fsp3) is 1.00. The summed E-state index contributed by atoms with van der Waals surface area (Å²) in [4.78, 5) is 0. The molecule has 1 N–H and O–H groups in total. The first-order valence-electron chi connectivity index (χ1n) is 7.06. The van der Waals surface area contributed by atoms with Crippen LogP contribution in [0.4, 0.5) is 0 Å². The number of nitrogens with zero attached hydrogens (tertiary/aromatic N) is 3. The number of aliphatic hydroxyl groups excluding tert-OH is 1. The second-order valence-electron chi connectivity index (χ2n) is 5.59. The van der Waals surface area contributed by atoms with E-state index in [9.17, 15) is 16.8 Å². The zero-order valence-corrected chi connectivity index (χ0v) is 13.8. The molecule has 2 aliphatic rings. The molecule has 0 radical (unpaired) electrons. The summed E-state index contributed by atoms with van der Waals surface area (Å²) in [5.41, 5.74) is 0. The third-order valence-electron chi connectivity index (χ3n) is 4.15. The number of sulfonamides is 1. The van der Waals surface area contributed by atoms with E-state index >= 15 is 0 Å². The lowest BCUT2D eigenvalue weighted by Gasteiger charge is -2.37. The predicted molar refractivity (Wildman–Crippen MR) is 78.3 cm³/mol. The van der Waals surface area contributed by atoms with Crippen LogP contribution in [0.5, 0.6) is 0 Å². The van der Waals surface area contributed by atoms with Crippen LogP contribution in [0.25, 0.3) is 0 Å². The van der Waals surface area contributed by atoms with Crippen molar-refractivity contribution < 1.29 is 21.9 Å². The lowest BCUT2D eigenvalue weighted by atomic mass is 10.00. The van der Waals surface area contributed by atoms with Crippen molar-refractivity contribution in [3.05, 3.63) is 0 Å². The molecule has 0 atom stereocenters. The van der Waals surface area contributed by atoms with Gasteiger partial charge >= 0.3 is 0 Å². The van der Waals surface area contributed by atoms with Crippen LogP contribution in [0.1, 0.15) is 12.8 Å². The van der Waals surface area contributed by atoms with E-state index in [-0.39, 0.29) is 38.7 Å². The molecular weight excluding hydrogens is 318 g/mol. The van der Waals surface area contributed by atoms with Gasteiger partial charge in [-0.2, -0.15) is 21.3 Å². The maximum atomic E-state index is 12.5. The van der Waals surface area contributed by atoms with Gasteiger partial charge in [-0.3, -0.25) is 0 Å². The number of aliphatic hydroxyl groups is 1. The van der Waals surface area contributed by atoms with Gasteiger partial charge in [0, 0.05) is 45.9 Å². The van der Waals surface area contributed by atoms with Crippen LogP contribution in [0.3, 0.4) is 0 Å². The number of hydrogen-bond donors (Lipinski definition) is 1. The molecule has 2 heterocycles. The zero-order chi connectivity index (χ0) is 15.7. The molecule has 0 aliphatic carbocycles. The molecule has 0 spiro atoms. The van der Waals surface area contributed by atoms with Crippen LogP contribution in [-0.4, -0.2) is 87.0 Å². The normalized spacial score (nSPS) is 25.2. The highest BCUT2D eigenvalue weighted by atomic mass is 32.2. The van der Waals surface area contributed by atoms with Crippen molar-refractivity contribution in [2.24, 2.45) is 5.92 Å². The lowest BCUT2D eigenvalue weighted by molar-refractivity contribution is 0.163. The third-order valence-corrected chi connectivity index (χ3v) is 7.49. The smallest absolute Gasteiger partial charge is 0.282 e. The quantitative estimate of drug-likeness (QED) is 0.672. The number of hydrogen-bond acceptors (Lipinski definition) is 5. The molecular formula is C11H23N3O5S2. The summed E-state index contributed by atoms with van der Waals surface area (Å²) in [5.74, 6) is 0.179. The maximum absolute atomic E-state index is 12.5. The molecule has 0 bridgehead atoms. The summed E-state index contributed by atoms with van der Waals surface area (Å²) in [6.45, 7) is 1.71. The van der Waals surface area contributed by atoms with Crippen molar-refractivity contribution in [3.63, 3.8) is 0 Å². The van der Waals surface area contributed by atoms with E-state index in [1.54, 1.807) is 0 Å². The highest BCUT2D eigenvalue weighted by molar-refractivity contribution is 7.88. The van der Waals surface area contributed by atoms with Crippen molar-refractivity contribution >= 4 is 20.2 Å². The van der Waals surface area contributed by atoms with Crippen LogP contribution in [0.15, 0.2) is 0 Å². The summed E-state index contributed by atoms with van der Waals surface area (Å²) in [6.07, 6.45) is 2.47. The summed E-state index contributed by atoms with van der Waals surface area (Å²) in [5, 5.41) is 9.09. The molecule has 124 valence electrons. The second-order valence-corrected chi connectivity index (χ2v) is 9.50. The average Bonchev–Trinajstić information content (AvgIpc) is 2.46. The van der Waals surface area contributed by atoms with Crippen LogP contribution in [0.2, 0.25) is 0 Å². The lowest BCUT2D eigenvalue weighted by Crippen LogP contribution is -2.55. The SMILES string of the molecule is CS(=O)(=O)N1CCN(S(=O)(=O)N2CCC(CO)CC2)CC1. The van der Waals surface area contributed by atoms with Gasteiger partial charge in [0.15, 0.2) is 0 Å². The molecule has 0 amide bonds. The Hall–Kier alpha value is -0.260. The Morgan fingerprint density at radius 3 is 1.71 bits per heavy atom. The summed E-state index contributed by atoms with van der Waals surface area (Å²) in [6, 6.07) is 0. The molecule has 0 aromatic rings. The fourth-order valence-electron chi connectivity index (χ4n) is 2.72. The molecule has 0 aromatic heterocycles. The van der Waals surface area contributed by atoms with E-state index in [2.05, 4.69) is 0 Å². The van der Waals surface area contributed by atoms with E-state index in [1.807, 2.05) is 0 Å². The number of rotatable bonds is 4. The standard InChI is InChI=1S/C11H23N3O5S2/c1-20(16,17)12-6-8-14(9-7-12)21(18,19)13-4-2-11(10-15)3-5-13/h11,15H,2-10H2,1H3. The number of piperazine rings is 1. The van der Waals surface area contributed by atoms with Crippen LogP contribution >= 0.6 is 0 Å². The minimum Gasteiger partial charge on any atom is -0.396 e. The summed E-state index contributed by atoms with van der Waals surface area (Å²) >= 11 is 0. The van der Waals surface area contributed by atoms with Crippen LogP contribution < -0.4 is 0 Å². The first-order chi connectivity index (χ1) is 9.75. The highest BCUT2D eigenvalue weighted by Gasteiger charge is 2.35. The number of piperidine rings is 1. The van der Waals surface area contributed by atoms with E-state index in [0.29, 0.717) is 25.9 Å². The van der Waals surface area contributed by atoms with Gasteiger partial charge in [-0.05, 0) is 18.8 Å². The molecule has 21 heavy (non-hydrogen) atoms. The minimum atomic E-state index is -3.52. The van der Waals surface area contributed by atoms with Crippen molar-refractivity contribution in [1.82, 2.24) is 12.9 Å². The Bertz CT molecular complexity index is 546. The summed E-state index contributed by atoms with van der Waals surface area (Å²) < 4.78 is 52.0. The van der Waals surface area contributed by atoms with E-state index in [1.165, 1.54) is 12.9 Å². The fourth-order valence-corrected chi connectivity index (χ4v) is 5.17. The van der Waals surface area contributed by atoms with Crippen molar-refractivity contribution in [2.75, 3.05) is 52.1 Å². The Kier molecular flexibility index (Phi) is 5.27. The first kappa shape index (κ1) is 17.1. The van der Waals surface area contributed by atoms with Gasteiger partial charge in [-0.15, -0.1) is 0 Å². The molecule has 2 aliphatic heterocycles. The highest BCUT2D eigenvalue weighted by Crippen LogP contribution is 2.22. The average molecular weight is 341 g/mol. The van der Waals surface area contributed by atoms with E-state index in [0.717, 1.165) is 6.26 Å². The van der Waals surface area contributed by atoms with Crippen molar-refractivity contribution in [3.8, 4) is 0 Å². The first-order valence-corrected chi connectivity index (χ1v) is 10.3. The molecule has 2 fully saturated rings. The molecule has 8 nitrogen and oxygen atoms in total. The third kappa shape index (κ3) is 3.93. The predicted octanol–water partition coefficient (Wildman–Crippen LogP) is -1.49. The monoisotopic (exact) mass is 341 g/mol. The van der Waals surface area contributed by atoms with Gasteiger partial charge < -0.3 is 5.11 Å². The molecule has 10 heteroatoms. The van der Waals surface area contributed by atoms with Gasteiger partial charge in [-0.25, -0.2) is 8.42 Å². The topological polar surface area (TPSA) is 98.2 Å². The maximum Gasteiger partial charge on any atom is 0.282 e. The minimum absolute atomic E-state index is 0.0981. The van der Waals surface area contributed by atoms with Crippen molar-refractivity contribution in [2.45, 2.75) is 12.8 Å². The van der Waals surface area contributed by atoms with Gasteiger partial charge in [-0.1, -0.05) is 0 Å².